The van der Waals surface area contributed by atoms with Gasteiger partial charge in [-0.1, -0.05) is 24.7 Å². The highest BCUT2D eigenvalue weighted by molar-refractivity contribution is 7.17. The number of nitrogens with one attached hydrogen (secondary N) is 1. The average molecular weight is 240 g/mol. The SMILES string of the molecule is CCCC1CC1Nc1ncc(C(=O)OC)s1. The van der Waals surface area contributed by atoms with Crippen molar-refractivity contribution in [3.8, 4) is 0 Å². The summed E-state index contributed by atoms with van der Waals surface area (Å²) in [7, 11) is 1.38. The number of aromatic nitrogens is 1. The number of carbonyl (C=O) groups excluding carboxylic acids is 1. The minimum absolute atomic E-state index is 0.313. The lowest BCUT2D eigenvalue weighted by atomic mass is 10.2. The van der Waals surface area contributed by atoms with Gasteiger partial charge < -0.3 is 10.1 Å². The summed E-state index contributed by atoms with van der Waals surface area (Å²) in [5, 5.41) is 4.17. The third-order valence-electron chi connectivity index (χ3n) is 2.78. The largest absolute Gasteiger partial charge is 0.465 e. The molecular formula is C11H16N2O2S. The predicted octanol–water partition coefficient (Wildman–Crippen LogP) is 2.53. The smallest absolute Gasteiger partial charge is 0.349 e. The highest BCUT2D eigenvalue weighted by Gasteiger charge is 2.36. The molecule has 0 aromatic carbocycles. The maximum atomic E-state index is 11.2. The van der Waals surface area contributed by atoms with Crippen molar-refractivity contribution in [2.45, 2.75) is 32.2 Å². The Hall–Kier alpha value is -1.10. The zero-order chi connectivity index (χ0) is 11.5. The van der Waals surface area contributed by atoms with E-state index in [1.807, 2.05) is 0 Å². The van der Waals surface area contributed by atoms with Crippen molar-refractivity contribution >= 4 is 22.4 Å². The molecule has 2 unspecified atom stereocenters. The lowest BCUT2D eigenvalue weighted by molar-refractivity contribution is 0.0606. The molecule has 1 aromatic heterocycles. The van der Waals surface area contributed by atoms with E-state index in [1.165, 1.54) is 37.7 Å². The molecule has 1 aromatic rings. The van der Waals surface area contributed by atoms with Crippen LogP contribution in [0.2, 0.25) is 0 Å². The lowest BCUT2D eigenvalue weighted by Gasteiger charge is -1.99. The van der Waals surface area contributed by atoms with Crippen molar-refractivity contribution in [1.29, 1.82) is 0 Å². The second kappa shape index (κ2) is 4.82. The van der Waals surface area contributed by atoms with Crippen molar-refractivity contribution in [1.82, 2.24) is 4.98 Å². The van der Waals surface area contributed by atoms with E-state index < -0.39 is 0 Å². The summed E-state index contributed by atoms with van der Waals surface area (Å²) in [6.45, 7) is 2.20. The minimum Gasteiger partial charge on any atom is -0.465 e. The number of rotatable bonds is 5. The molecule has 0 amide bonds. The molecular weight excluding hydrogens is 224 g/mol. The summed E-state index contributed by atoms with van der Waals surface area (Å²) in [5.41, 5.74) is 0. The van der Waals surface area contributed by atoms with Gasteiger partial charge in [-0.15, -0.1) is 0 Å². The minimum atomic E-state index is -0.313. The van der Waals surface area contributed by atoms with Crippen LogP contribution in [0.25, 0.3) is 0 Å². The van der Waals surface area contributed by atoms with E-state index in [4.69, 9.17) is 0 Å². The first-order chi connectivity index (χ1) is 7.74. The topological polar surface area (TPSA) is 51.2 Å². The Morgan fingerprint density at radius 2 is 2.56 bits per heavy atom. The van der Waals surface area contributed by atoms with E-state index >= 15 is 0 Å². The molecule has 4 nitrogen and oxygen atoms in total. The van der Waals surface area contributed by atoms with E-state index in [9.17, 15) is 4.79 Å². The molecule has 16 heavy (non-hydrogen) atoms. The summed E-state index contributed by atoms with van der Waals surface area (Å²) >= 11 is 1.36. The maximum absolute atomic E-state index is 11.2. The second-order valence-electron chi connectivity index (χ2n) is 4.06. The first kappa shape index (κ1) is 11.4. The van der Waals surface area contributed by atoms with Crippen molar-refractivity contribution in [3.63, 3.8) is 0 Å². The average Bonchev–Trinajstić information content (AvgIpc) is 2.83. The molecule has 1 aliphatic rings. The molecule has 1 saturated carbocycles. The van der Waals surface area contributed by atoms with E-state index in [0.717, 1.165) is 11.0 Å². The number of thiazole rings is 1. The van der Waals surface area contributed by atoms with Crippen molar-refractivity contribution in [2.24, 2.45) is 5.92 Å². The van der Waals surface area contributed by atoms with E-state index in [-0.39, 0.29) is 5.97 Å². The first-order valence-electron chi connectivity index (χ1n) is 5.55. The van der Waals surface area contributed by atoms with Crippen LogP contribution in [-0.4, -0.2) is 24.1 Å². The molecule has 5 heteroatoms. The van der Waals surface area contributed by atoms with Gasteiger partial charge in [0.25, 0.3) is 0 Å². The number of anilines is 1. The van der Waals surface area contributed by atoms with Gasteiger partial charge in [-0.3, -0.25) is 0 Å². The Balaban J connectivity index is 1.87. The Bertz CT molecular complexity index is 378. The number of hydrogen-bond donors (Lipinski definition) is 1. The Kier molecular flexibility index (Phi) is 3.43. The highest BCUT2D eigenvalue weighted by atomic mass is 32.1. The van der Waals surface area contributed by atoms with Crippen molar-refractivity contribution < 1.29 is 9.53 Å². The van der Waals surface area contributed by atoms with Crippen LogP contribution in [0.5, 0.6) is 0 Å². The number of esters is 1. The molecule has 0 saturated heterocycles. The number of hydrogen-bond acceptors (Lipinski definition) is 5. The fraction of sp³-hybridized carbons (Fsp3) is 0.636. The molecule has 1 heterocycles. The molecule has 0 spiro atoms. The fourth-order valence-electron chi connectivity index (χ4n) is 1.81. The van der Waals surface area contributed by atoms with E-state index in [0.29, 0.717) is 10.9 Å². The summed E-state index contributed by atoms with van der Waals surface area (Å²) in [4.78, 5) is 15.9. The fourth-order valence-corrected chi connectivity index (χ4v) is 2.60. The van der Waals surface area contributed by atoms with Crippen LogP contribution in [0.3, 0.4) is 0 Å². The summed E-state index contributed by atoms with van der Waals surface area (Å²) < 4.78 is 4.63. The van der Waals surface area contributed by atoms with Gasteiger partial charge in [0.15, 0.2) is 5.13 Å². The van der Waals surface area contributed by atoms with Crippen molar-refractivity contribution in [2.75, 3.05) is 12.4 Å². The molecule has 2 rings (SSSR count). The number of ether oxygens (including phenoxy) is 1. The van der Waals surface area contributed by atoms with Crippen molar-refractivity contribution in [3.05, 3.63) is 11.1 Å². The zero-order valence-corrected chi connectivity index (χ0v) is 10.3. The van der Waals surface area contributed by atoms with E-state index in [1.54, 1.807) is 6.20 Å². The molecule has 2 atom stereocenters. The number of nitrogens with zero attached hydrogens (tertiary/aromatic N) is 1. The molecule has 0 radical (unpaired) electrons. The van der Waals surface area contributed by atoms with Crippen LogP contribution in [0.1, 0.15) is 35.9 Å². The third kappa shape index (κ3) is 2.52. The Morgan fingerprint density at radius 1 is 1.75 bits per heavy atom. The summed E-state index contributed by atoms with van der Waals surface area (Å²) in [5.74, 6) is 0.474. The van der Waals surface area contributed by atoms with Gasteiger partial charge in [0, 0.05) is 6.04 Å². The molecule has 1 fully saturated rings. The van der Waals surface area contributed by atoms with Gasteiger partial charge in [-0.2, -0.15) is 0 Å². The molecule has 1 N–H and O–H groups in total. The van der Waals surface area contributed by atoms with Crippen LogP contribution < -0.4 is 5.32 Å². The molecule has 1 aliphatic carbocycles. The van der Waals surface area contributed by atoms with Gasteiger partial charge in [0.1, 0.15) is 4.88 Å². The Labute approximate surface area is 99.0 Å². The van der Waals surface area contributed by atoms with Gasteiger partial charge in [0.2, 0.25) is 0 Å². The predicted molar refractivity (Wildman–Crippen MR) is 63.9 cm³/mol. The quantitative estimate of drug-likeness (QED) is 0.803. The standard InChI is InChI=1S/C11H16N2O2S/c1-3-4-7-5-8(7)13-11-12-6-9(16-11)10(14)15-2/h6-8H,3-5H2,1-2H3,(H,12,13). The first-order valence-corrected chi connectivity index (χ1v) is 6.37. The van der Waals surface area contributed by atoms with Gasteiger partial charge in [0.05, 0.1) is 13.3 Å². The monoisotopic (exact) mass is 240 g/mol. The van der Waals surface area contributed by atoms with Gasteiger partial charge in [-0.05, 0) is 18.8 Å². The molecule has 88 valence electrons. The summed E-state index contributed by atoms with van der Waals surface area (Å²) in [6, 6.07) is 0.552. The maximum Gasteiger partial charge on any atom is 0.349 e. The molecule has 0 aliphatic heterocycles. The molecule has 0 bridgehead atoms. The van der Waals surface area contributed by atoms with Crippen LogP contribution >= 0.6 is 11.3 Å². The highest BCUT2D eigenvalue weighted by Crippen LogP contribution is 2.37. The van der Waals surface area contributed by atoms with Crippen LogP contribution in [0.4, 0.5) is 5.13 Å². The lowest BCUT2D eigenvalue weighted by Crippen LogP contribution is -2.03. The number of carbonyl (C=O) groups is 1. The van der Waals surface area contributed by atoms with Crippen LogP contribution in [0, 0.1) is 5.92 Å². The zero-order valence-electron chi connectivity index (χ0n) is 9.53. The number of methoxy groups -OCH3 is 1. The van der Waals surface area contributed by atoms with Gasteiger partial charge >= 0.3 is 5.97 Å². The van der Waals surface area contributed by atoms with Gasteiger partial charge in [-0.25, -0.2) is 9.78 Å². The normalized spacial score (nSPS) is 22.9. The Morgan fingerprint density at radius 3 is 3.25 bits per heavy atom. The second-order valence-corrected chi connectivity index (χ2v) is 5.09. The summed E-state index contributed by atoms with van der Waals surface area (Å²) in [6.07, 6.45) is 5.29. The van der Waals surface area contributed by atoms with E-state index in [2.05, 4.69) is 22.0 Å². The third-order valence-corrected chi connectivity index (χ3v) is 3.69. The van der Waals surface area contributed by atoms with Crippen LogP contribution in [-0.2, 0) is 4.74 Å². The van der Waals surface area contributed by atoms with Crippen LogP contribution in [0.15, 0.2) is 6.20 Å².